The lowest BCUT2D eigenvalue weighted by Gasteiger charge is -2.35. The van der Waals surface area contributed by atoms with Gasteiger partial charge in [0.2, 0.25) is 11.8 Å². The Balaban J connectivity index is 1.33. The fourth-order valence-corrected chi connectivity index (χ4v) is 5.26. The number of rotatable bonds is 8. The first kappa shape index (κ1) is 32.2. The summed E-state index contributed by atoms with van der Waals surface area (Å²) in [5, 5.41) is 12.8. The Labute approximate surface area is 261 Å². The van der Waals surface area contributed by atoms with Crippen LogP contribution < -0.4 is 11.1 Å². The smallest absolute Gasteiger partial charge is 0.410 e. The number of aromatic nitrogens is 3. The number of pyridine rings is 1. The van der Waals surface area contributed by atoms with E-state index in [1.165, 1.54) is 18.7 Å². The van der Waals surface area contributed by atoms with Crippen molar-refractivity contribution in [1.29, 1.82) is 5.26 Å². The summed E-state index contributed by atoms with van der Waals surface area (Å²) in [5.41, 5.74) is 9.03. The minimum absolute atomic E-state index is 0.0227. The lowest BCUT2D eigenvalue weighted by atomic mass is 10.1. The Morgan fingerprint density at radius 2 is 1.66 bits per heavy atom. The molecule has 3 amide bonds. The molecular weight excluding hydrogens is 580 g/mol. The third-order valence-corrected chi connectivity index (χ3v) is 7.48. The van der Waals surface area contributed by atoms with Crippen LogP contribution in [0.2, 0.25) is 0 Å². The van der Waals surface area contributed by atoms with Gasteiger partial charge in [0.1, 0.15) is 23.1 Å². The van der Waals surface area contributed by atoms with Gasteiger partial charge in [-0.3, -0.25) is 14.6 Å². The first-order chi connectivity index (χ1) is 20.9. The van der Waals surface area contributed by atoms with Crippen LogP contribution in [0, 0.1) is 11.3 Å². The van der Waals surface area contributed by atoms with E-state index in [0.717, 1.165) is 11.4 Å². The molecule has 1 fully saturated rings. The largest absolute Gasteiger partial charge is 0.444 e. The van der Waals surface area contributed by atoms with Crippen molar-refractivity contribution < 1.29 is 19.1 Å². The third kappa shape index (κ3) is 8.90. The number of nitrogen functional groups attached to an aromatic ring is 1. The van der Waals surface area contributed by atoms with E-state index in [1.807, 2.05) is 39.0 Å². The summed E-state index contributed by atoms with van der Waals surface area (Å²) in [6.07, 6.45) is 0.448. The SMILES string of the molecule is CC(=O)Nc1ccc(-c2nc(SCc3cccc(CCC(=O)N4CCN(C(=O)OC(C)(C)C)CC4)n3)nc(N)c2C#N)cc1. The van der Waals surface area contributed by atoms with Crippen molar-refractivity contribution in [3.05, 3.63) is 59.4 Å². The number of ether oxygens (including phenoxy) is 1. The molecule has 0 bridgehead atoms. The maximum Gasteiger partial charge on any atom is 0.410 e. The quantitative estimate of drug-likeness (QED) is 0.276. The molecule has 1 aliphatic heterocycles. The van der Waals surface area contributed by atoms with E-state index in [1.54, 1.807) is 34.1 Å². The van der Waals surface area contributed by atoms with E-state index >= 15 is 0 Å². The summed E-state index contributed by atoms with van der Waals surface area (Å²) >= 11 is 1.34. The predicted octanol–water partition coefficient (Wildman–Crippen LogP) is 4.26. The van der Waals surface area contributed by atoms with Gasteiger partial charge in [-0.1, -0.05) is 30.0 Å². The van der Waals surface area contributed by atoms with Gasteiger partial charge in [-0.2, -0.15) is 5.26 Å². The second-order valence-corrected chi connectivity index (χ2v) is 12.2. The Morgan fingerprint density at radius 3 is 2.30 bits per heavy atom. The van der Waals surface area contributed by atoms with Crippen LogP contribution in [0.25, 0.3) is 11.3 Å². The molecular formula is C31H36N8O4S. The number of piperazine rings is 1. The van der Waals surface area contributed by atoms with E-state index in [9.17, 15) is 19.6 Å². The number of hydrogen-bond acceptors (Lipinski definition) is 10. The molecule has 0 aliphatic carbocycles. The Morgan fingerprint density at radius 1 is 1.00 bits per heavy atom. The van der Waals surface area contributed by atoms with Gasteiger partial charge in [0, 0.05) is 62.2 Å². The van der Waals surface area contributed by atoms with Gasteiger partial charge < -0.3 is 25.6 Å². The lowest BCUT2D eigenvalue weighted by Crippen LogP contribution is -2.51. The molecule has 0 radical (unpaired) electrons. The van der Waals surface area contributed by atoms with Crippen LogP contribution in [0.1, 0.15) is 51.1 Å². The van der Waals surface area contributed by atoms with Crippen molar-refractivity contribution in [2.75, 3.05) is 37.2 Å². The van der Waals surface area contributed by atoms with Crippen LogP contribution in [0.3, 0.4) is 0 Å². The predicted molar refractivity (Wildman–Crippen MR) is 167 cm³/mol. The van der Waals surface area contributed by atoms with Crippen LogP contribution in [0.15, 0.2) is 47.6 Å². The zero-order valence-electron chi connectivity index (χ0n) is 25.3. The highest BCUT2D eigenvalue weighted by Gasteiger charge is 2.27. The van der Waals surface area contributed by atoms with E-state index in [0.29, 0.717) is 66.9 Å². The van der Waals surface area contributed by atoms with Crippen molar-refractivity contribution in [2.45, 2.75) is 57.0 Å². The van der Waals surface area contributed by atoms with Gasteiger partial charge in [-0.05, 0) is 51.5 Å². The molecule has 3 N–H and O–H groups in total. The minimum Gasteiger partial charge on any atom is -0.444 e. The van der Waals surface area contributed by atoms with E-state index in [2.05, 4.69) is 21.4 Å². The number of nitrogens with two attached hydrogens (primary N) is 1. The van der Waals surface area contributed by atoms with Crippen molar-refractivity contribution >= 4 is 41.2 Å². The Hall–Kier alpha value is -4.70. The number of amides is 3. The van der Waals surface area contributed by atoms with Crippen molar-refractivity contribution in [3.8, 4) is 17.3 Å². The van der Waals surface area contributed by atoms with E-state index < -0.39 is 5.60 Å². The van der Waals surface area contributed by atoms with Crippen LogP contribution in [-0.2, 0) is 26.5 Å². The summed E-state index contributed by atoms with van der Waals surface area (Å²) in [5.74, 6) is 0.383. The molecule has 3 heterocycles. The number of aryl methyl sites for hydroxylation is 1. The number of hydrogen-bond donors (Lipinski definition) is 2. The molecule has 0 atom stereocenters. The molecule has 4 rings (SSSR count). The van der Waals surface area contributed by atoms with Gasteiger partial charge in [0.05, 0.1) is 11.4 Å². The number of thioether (sulfide) groups is 1. The molecule has 1 aliphatic rings. The lowest BCUT2D eigenvalue weighted by molar-refractivity contribution is -0.132. The van der Waals surface area contributed by atoms with E-state index in [-0.39, 0.29) is 29.3 Å². The van der Waals surface area contributed by atoms with Crippen molar-refractivity contribution in [3.63, 3.8) is 0 Å². The van der Waals surface area contributed by atoms with Crippen molar-refractivity contribution in [2.24, 2.45) is 0 Å². The molecule has 1 saturated heterocycles. The number of carbonyl (C=O) groups excluding carboxylic acids is 3. The maximum atomic E-state index is 12.9. The Kier molecular flexibility index (Phi) is 10.4. The number of benzene rings is 1. The molecule has 0 spiro atoms. The molecule has 0 unspecified atom stereocenters. The molecule has 3 aromatic rings. The first-order valence-corrected chi connectivity index (χ1v) is 15.2. The summed E-state index contributed by atoms with van der Waals surface area (Å²) in [4.78, 5) is 53.5. The highest BCUT2D eigenvalue weighted by Crippen LogP contribution is 2.29. The summed E-state index contributed by atoms with van der Waals surface area (Å²) in [6, 6.07) is 14.7. The van der Waals surface area contributed by atoms with Gasteiger partial charge in [-0.25, -0.2) is 14.8 Å². The molecule has 13 heteroatoms. The summed E-state index contributed by atoms with van der Waals surface area (Å²) in [6.45, 7) is 8.75. The normalized spacial score (nSPS) is 13.2. The first-order valence-electron chi connectivity index (χ1n) is 14.2. The molecule has 2 aromatic heterocycles. The second kappa shape index (κ2) is 14.2. The number of nitrogens with zero attached hydrogens (tertiary/aromatic N) is 6. The topological polar surface area (TPSA) is 167 Å². The zero-order valence-corrected chi connectivity index (χ0v) is 26.1. The summed E-state index contributed by atoms with van der Waals surface area (Å²) < 4.78 is 5.43. The molecule has 1 aromatic carbocycles. The van der Waals surface area contributed by atoms with Gasteiger partial charge in [-0.15, -0.1) is 0 Å². The van der Waals surface area contributed by atoms with Crippen molar-refractivity contribution in [1.82, 2.24) is 24.8 Å². The Bertz CT molecular complexity index is 1560. The number of carbonyl (C=O) groups is 3. The number of nitrogens with one attached hydrogen (secondary N) is 1. The molecule has 0 saturated carbocycles. The number of anilines is 2. The van der Waals surface area contributed by atoms with Gasteiger partial charge in [0.25, 0.3) is 0 Å². The molecule has 44 heavy (non-hydrogen) atoms. The fraction of sp³-hybridized carbons (Fsp3) is 0.387. The monoisotopic (exact) mass is 616 g/mol. The summed E-state index contributed by atoms with van der Waals surface area (Å²) in [7, 11) is 0. The molecule has 230 valence electrons. The highest BCUT2D eigenvalue weighted by atomic mass is 32.2. The fourth-order valence-electron chi connectivity index (χ4n) is 4.50. The van der Waals surface area contributed by atoms with Crippen LogP contribution in [-0.4, -0.2) is 74.4 Å². The minimum atomic E-state index is -0.557. The average Bonchev–Trinajstić information content (AvgIpc) is 2.98. The number of nitriles is 1. The van der Waals surface area contributed by atoms with Gasteiger partial charge in [0.15, 0.2) is 5.16 Å². The van der Waals surface area contributed by atoms with E-state index in [4.69, 9.17) is 15.5 Å². The standard InChI is InChI=1S/C31H36N8O4S/c1-20(40)34-23-10-8-21(9-11-23)27-25(18-32)28(33)37-29(36-27)44-19-24-7-5-6-22(35-24)12-13-26(41)38-14-16-39(17-15-38)30(42)43-31(2,3)4/h5-11H,12-17,19H2,1-4H3,(H,34,40)(H2,33,36,37). The zero-order chi connectivity index (χ0) is 31.9. The molecule has 12 nitrogen and oxygen atoms in total. The van der Waals surface area contributed by atoms with Crippen LogP contribution >= 0.6 is 11.8 Å². The highest BCUT2D eigenvalue weighted by molar-refractivity contribution is 7.98. The maximum absolute atomic E-state index is 12.9. The average molecular weight is 617 g/mol. The van der Waals surface area contributed by atoms with Crippen LogP contribution in [0.5, 0.6) is 0 Å². The van der Waals surface area contributed by atoms with Gasteiger partial charge >= 0.3 is 6.09 Å². The second-order valence-electron chi connectivity index (χ2n) is 11.2. The third-order valence-electron chi connectivity index (χ3n) is 6.60. The van der Waals surface area contributed by atoms with Crippen LogP contribution in [0.4, 0.5) is 16.3 Å².